The van der Waals surface area contributed by atoms with Crippen molar-refractivity contribution in [2.75, 3.05) is 0 Å². The molecule has 138 valence electrons. The second-order valence-corrected chi connectivity index (χ2v) is 7.71. The van der Waals surface area contributed by atoms with Gasteiger partial charge >= 0.3 is 0 Å². The molecular formula is C19H26N6O. The molecular weight excluding hydrogens is 328 g/mol. The van der Waals surface area contributed by atoms with Gasteiger partial charge in [-0.25, -0.2) is 0 Å². The van der Waals surface area contributed by atoms with Crippen molar-refractivity contribution in [3.05, 3.63) is 36.2 Å². The number of benzene rings is 1. The van der Waals surface area contributed by atoms with E-state index in [2.05, 4.69) is 20.8 Å². The molecule has 2 aliphatic rings. The van der Waals surface area contributed by atoms with Gasteiger partial charge in [-0.15, -0.1) is 5.10 Å². The van der Waals surface area contributed by atoms with E-state index in [-0.39, 0.29) is 23.9 Å². The predicted molar refractivity (Wildman–Crippen MR) is 97.2 cm³/mol. The Bertz CT molecular complexity index is 746. The molecule has 1 heterocycles. The number of aromatic nitrogens is 4. The predicted octanol–water partition coefficient (Wildman–Crippen LogP) is 1.99. The number of fused-ring (bicyclic) bond motifs is 2. The van der Waals surface area contributed by atoms with Crippen molar-refractivity contribution >= 4 is 5.91 Å². The summed E-state index contributed by atoms with van der Waals surface area (Å²) < 4.78 is 1.68. The Morgan fingerprint density at radius 1 is 1.23 bits per heavy atom. The zero-order valence-corrected chi connectivity index (χ0v) is 15.1. The van der Waals surface area contributed by atoms with E-state index < -0.39 is 0 Å². The first kappa shape index (κ1) is 17.1. The van der Waals surface area contributed by atoms with E-state index in [1.165, 1.54) is 6.42 Å². The number of nitrogens with zero attached hydrogens (tertiary/aromatic N) is 4. The molecule has 1 aromatic carbocycles. The van der Waals surface area contributed by atoms with Gasteiger partial charge in [0, 0.05) is 12.0 Å². The van der Waals surface area contributed by atoms with Crippen LogP contribution in [0.4, 0.5) is 0 Å². The molecule has 0 saturated heterocycles. The number of carbonyl (C=O) groups excluding carboxylic acids is 1. The van der Waals surface area contributed by atoms with Crippen LogP contribution in [0, 0.1) is 17.8 Å². The maximum absolute atomic E-state index is 12.9. The third kappa shape index (κ3) is 3.23. The van der Waals surface area contributed by atoms with Crippen LogP contribution in [0.5, 0.6) is 0 Å². The summed E-state index contributed by atoms with van der Waals surface area (Å²) in [5.74, 6) is 1.76. The highest BCUT2D eigenvalue weighted by Crippen LogP contribution is 2.42. The maximum atomic E-state index is 12.9. The first-order valence-electron chi connectivity index (χ1n) is 9.53. The van der Waals surface area contributed by atoms with Crippen LogP contribution in [-0.4, -0.2) is 32.2 Å². The lowest BCUT2D eigenvalue weighted by Crippen LogP contribution is -2.49. The van der Waals surface area contributed by atoms with Crippen molar-refractivity contribution < 1.29 is 4.79 Å². The van der Waals surface area contributed by atoms with E-state index in [4.69, 9.17) is 5.73 Å². The van der Waals surface area contributed by atoms with Gasteiger partial charge in [0.2, 0.25) is 5.91 Å². The fourth-order valence-corrected chi connectivity index (χ4v) is 4.62. The molecule has 1 aromatic heterocycles. The van der Waals surface area contributed by atoms with Gasteiger partial charge in [0.1, 0.15) is 0 Å². The Labute approximate surface area is 153 Å². The molecule has 2 aliphatic carbocycles. The third-order valence-corrected chi connectivity index (χ3v) is 6.02. The highest BCUT2D eigenvalue weighted by atomic mass is 16.2. The molecule has 7 nitrogen and oxygen atoms in total. The summed E-state index contributed by atoms with van der Waals surface area (Å²) in [4.78, 5) is 12.9. The van der Waals surface area contributed by atoms with Crippen molar-refractivity contribution in [1.82, 2.24) is 25.5 Å². The summed E-state index contributed by atoms with van der Waals surface area (Å²) in [5.41, 5.74) is 7.23. The van der Waals surface area contributed by atoms with Gasteiger partial charge in [0.05, 0.1) is 11.7 Å². The summed E-state index contributed by atoms with van der Waals surface area (Å²) in [6, 6.07) is 9.73. The van der Waals surface area contributed by atoms with Crippen LogP contribution in [0.3, 0.4) is 0 Å². The Hall–Kier alpha value is -2.28. The minimum Gasteiger partial charge on any atom is -0.346 e. The minimum absolute atomic E-state index is 0.0496. The standard InChI is InChI=1S/C19H26N6O/c1-12(18-22-23-24-25(18)16-8-3-2-4-9-16)21-19(26)15-10-13-6-5-7-14(11-15)17(13)20/h2-4,8-9,12-15,17H,5-7,10-11,20H2,1H3,(H,21,26). The lowest BCUT2D eigenvalue weighted by molar-refractivity contribution is -0.128. The number of amides is 1. The quantitative estimate of drug-likeness (QED) is 0.875. The SMILES string of the molecule is CC(NC(=O)C1CC2CCCC(C1)C2N)c1nnnn1-c1ccccc1. The fourth-order valence-electron chi connectivity index (χ4n) is 4.62. The molecule has 0 radical (unpaired) electrons. The topological polar surface area (TPSA) is 98.7 Å². The van der Waals surface area contributed by atoms with Crippen LogP contribution in [0.1, 0.15) is 50.9 Å². The fraction of sp³-hybridized carbons (Fsp3) is 0.579. The molecule has 3 unspecified atom stereocenters. The highest BCUT2D eigenvalue weighted by molar-refractivity contribution is 5.79. The number of hydrogen-bond acceptors (Lipinski definition) is 5. The number of tetrazole rings is 1. The number of nitrogens with one attached hydrogen (secondary N) is 1. The molecule has 1 amide bonds. The van der Waals surface area contributed by atoms with Crippen molar-refractivity contribution in [3.8, 4) is 5.69 Å². The minimum atomic E-state index is -0.256. The molecule has 7 heteroatoms. The number of para-hydroxylation sites is 1. The summed E-state index contributed by atoms with van der Waals surface area (Å²) in [6.45, 7) is 1.93. The van der Waals surface area contributed by atoms with E-state index in [1.54, 1.807) is 4.68 Å². The smallest absolute Gasteiger partial charge is 0.223 e. The normalized spacial score (nSPS) is 29.2. The zero-order chi connectivity index (χ0) is 18.1. The first-order chi connectivity index (χ1) is 12.6. The largest absolute Gasteiger partial charge is 0.346 e. The molecule has 2 saturated carbocycles. The Morgan fingerprint density at radius 2 is 1.92 bits per heavy atom. The first-order valence-corrected chi connectivity index (χ1v) is 9.53. The highest BCUT2D eigenvalue weighted by Gasteiger charge is 2.40. The summed E-state index contributed by atoms with van der Waals surface area (Å²) in [6.07, 6.45) is 5.37. The van der Waals surface area contributed by atoms with Crippen molar-refractivity contribution in [1.29, 1.82) is 0 Å². The Morgan fingerprint density at radius 3 is 2.62 bits per heavy atom. The van der Waals surface area contributed by atoms with E-state index >= 15 is 0 Å². The molecule has 0 aliphatic heterocycles. The molecule has 26 heavy (non-hydrogen) atoms. The van der Waals surface area contributed by atoms with Gasteiger partial charge in [-0.2, -0.15) is 4.68 Å². The Kier molecular flexibility index (Phi) is 4.72. The zero-order valence-electron chi connectivity index (χ0n) is 15.1. The molecule has 2 aromatic rings. The van der Waals surface area contributed by atoms with Crippen LogP contribution in [-0.2, 0) is 4.79 Å². The lowest BCUT2D eigenvalue weighted by atomic mass is 9.65. The van der Waals surface area contributed by atoms with Gasteiger partial charge in [-0.05, 0) is 67.0 Å². The van der Waals surface area contributed by atoms with Gasteiger partial charge in [-0.3, -0.25) is 4.79 Å². The third-order valence-electron chi connectivity index (χ3n) is 6.02. The van der Waals surface area contributed by atoms with Crippen LogP contribution in [0.15, 0.2) is 30.3 Å². The number of nitrogens with two attached hydrogens (primary N) is 1. The van der Waals surface area contributed by atoms with Gasteiger partial charge < -0.3 is 11.1 Å². The molecule has 4 rings (SSSR count). The molecule has 0 spiro atoms. The van der Waals surface area contributed by atoms with Gasteiger partial charge in [0.15, 0.2) is 5.82 Å². The Balaban J connectivity index is 1.45. The molecule has 3 N–H and O–H groups in total. The summed E-state index contributed by atoms with van der Waals surface area (Å²) >= 11 is 0. The lowest BCUT2D eigenvalue weighted by Gasteiger charge is -2.43. The second kappa shape index (κ2) is 7.15. The molecule has 2 fully saturated rings. The van der Waals surface area contributed by atoms with Gasteiger partial charge in [0.25, 0.3) is 0 Å². The maximum Gasteiger partial charge on any atom is 0.223 e. The summed E-state index contributed by atoms with van der Waals surface area (Å²) in [7, 11) is 0. The molecule has 3 atom stereocenters. The second-order valence-electron chi connectivity index (χ2n) is 7.71. The van der Waals surface area contributed by atoms with Crippen molar-refractivity contribution in [3.63, 3.8) is 0 Å². The van der Waals surface area contributed by atoms with E-state index in [9.17, 15) is 4.79 Å². The van der Waals surface area contributed by atoms with E-state index in [1.807, 2.05) is 37.3 Å². The van der Waals surface area contributed by atoms with Crippen LogP contribution >= 0.6 is 0 Å². The van der Waals surface area contributed by atoms with E-state index in [0.29, 0.717) is 17.7 Å². The van der Waals surface area contributed by atoms with Crippen molar-refractivity contribution in [2.24, 2.45) is 23.5 Å². The van der Waals surface area contributed by atoms with Crippen LogP contribution in [0.25, 0.3) is 5.69 Å². The monoisotopic (exact) mass is 354 g/mol. The van der Waals surface area contributed by atoms with Crippen molar-refractivity contribution in [2.45, 2.75) is 51.1 Å². The van der Waals surface area contributed by atoms with Gasteiger partial charge in [-0.1, -0.05) is 24.6 Å². The van der Waals surface area contributed by atoms with E-state index in [0.717, 1.165) is 31.4 Å². The molecule has 2 bridgehead atoms. The number of hydrogen-bond donors (Lipinski definition) is 2. The average molecular weight is 354 g/mol. The van der Waals surface area contributed by atoms with Crippen LogP contribution < -0.4 is 11.1 Å². The summed E-state index contributed by atoms with van der Waals surface area (Å²) in [5, 5.41) is 15.1. The average Bonchev–Trinajstić information content (AvgIpc) is 3.12. The van der Waals surface area contributed by atoms with Crippen LogP contribution in [0.2, 0.25) is 0 Å². The number of rotatable bonds is 4. The number of carbonyl (C=O) groups is 1.